The summed E-state index contributed by atoms with van der Waals surface area (Å²) in [4.78, 5) is 38.1. The minimum Gasteiger partial charge on any atom is -0.478 e. The molecule has 0 fully saturated rings. The molecule has 0 atom stereocenters. The van der Waals surface area contributed by atoms with Gasteiger partial charge in [-0.1, -0.05) is 36.4 Å². The Balaban J connectivity index is 1.41. The van der Waals surface area contributed by atoms with Crippen molar-refractivity contribution in [2.24, 2.45) is 0 Å². The number of imidazole rings is 1. The number of nitrogen functional groups attached to an aromatic ring is 1. The van der Waals surface area contributed by atoms with E-state index in [-0.39, 0.29) is 11.1 Å². The van der Waals surface area contributed by atoms with E-state index in [4.69, 9.17) is 15.7 Å². The monoisotopic (exact) mass is 526 g/mol. The Morgan fingerprint density at radius 3 is 2.33 bits per heavy atom. The van der Waals surface area contributed by atoms with Gasteiger partial charge in [-0.15, -0.1) is 0 Å². The number of nitrogens with one attached hydrogen (secondary N) is 1. The standard InChI is InChI=1S/C31H22N6O3/c32-27-24(10-5-17-33-27)28-36-26-16-15-25(19-6-2-1-3-7-19)35-29(26)37(28)23-13-11-22(12-14-23)34-30(38)20-8-4-9-21(18-20)31(39)40/h1-18H,(H2,32,33)(H,34,38)(H,39,40). The molecule has 9 heteroatoms. The fourth-order valence-corrected chi connectivity index (χ4v) is 4.45. The topological polar surface area (TPSA) is 136 Å². The molecule has 0 aliphatic heterocycles. The van der Waals surface area contributed by atoms with Crippen LogP contribution in [0, 0.1) is 0 Å². The number of nitrogens with zero attached hydrogens (tertiary/aromatic N) is 4. The average molecular weight is 527 g/mol. The molecule has 1 amide bonds. The Morgan fingerprint density at radius 2 is 1.57 bits per heavy atom. The molecule has 0 spiro atoms. The molecule has 0 unspecified atom stereocenters. The molecule has 3 aromatic heterocycles. The molecule has 3 heterocycles. The second-order valence-electron chi connectivity index (χ2n) is 9.00. The second-order valence-corrected chi connectivity index (χ2v) is 9.00. The molecular formula is C31H22N6O3. The lowest BCUT2D eigenvalue weighted by Crippen LogP contribution is -2.13. The number of carbonyl (C=O) groups is 2. The molecule has 9 nitrogen and oxygen atoms in total. The smallest absolute Gasteiger partial charge is 0.335 e. The summed E-state index contributed by atoms with van der Waals surface area (Å²) in [5.74, 6) is -0.585. The van der Waals surface area contributed by atoms with E-state index in [9.17, 15) is 14.7 Å². The molecule has 0 saturated heterocycles. The molecule has 6 aromatic rings. The fourth-order valence-electron chi connectivity index (χ4n) is 4.45. The van der Waals surface area contributed by atoms with Crippen LogP contribution in [0.15, 0.2) is 109 Å². The van der Waals surface area contributed by atoms with Crippen LogP contribution in [-0.2, 0) is 0 Å². The summed E-state index contributed by atoms with van der Waals surface area (Å²) in [7, 11) is 0. The first-order valence-electron chi connectivity index (χ1n) is 12.4. The first kappa shape index (κ1) is 24.5. The lowest BCUT2D eigenvalue weighted by Gasteiger charge is -2.12. The number of pyridine rings is 2. The number of aromatic nitrogens is 4. The van der Waals surface area contributed by atoms with Gasteiger partial charge in [-0.05, 0) is 66.7 Å². The van der Waals surface area contributed by atoms with Crippen LogP contribution in [0.25, 0.3) is 39.5 Å². The van der Waals surface area contributed by atoms with Gasteiger partial charge in [0, 0.05) is 28.7 Å². The summed E-state index contributed by atoms with van der Waals surface area (Å²) in [6, 6.07) is 30.5. The highest BCUT2D eigenvalue weighted by Crippen LogP contribution is 2.32. The number of amides is 1. The number of hydrogen-bond acceptors (Lipinski definition) is 6. The van der Waals surface area contributed by atoms with Crippen molar-refractivity contribution < 1.29 is 14.7 Å². The number of carboxylic acid groups (broad SMARTS) is 1. The van der Waals surface area contributed by atoms with E-state index in [0.717, 1.165) is 16.9 Å². The van der Waals surface area contributed by atoms with Crippen LogP contribution in [0.5, 0.6) is 0 Å². The third-order valence-electron chi connectivity index (χ3n) is 6.41. The Labute approximate surface area is 228 Å². The van der Waals surface area contributed by atoms with Crippen molar-refractivity contribution in [3.63, 3.8) is 0 Å². The van der Waals surface area contributed by atoms with E-state index in [1.165, 1.54) is 18.2 Å². The van der Waals surface area contributed by atoms with Gasteiger partial charge >= 0.3 is 5.97 Å². The van der Waals surface area contributed by atoms with Crippen LogP contribution in [0.3, 0.4) is 0 Å². The highest BCUT2D eigenvalue weighted by atomic mass is 16.4. The van der Waals surface area contributed by atoms with Crippen LogP contribution < -0.4 is 11.1 Å². The van der Waals surface area contributed by atoms with Crippen molar-refractivity contribution in [2.75, 3.05) is 11.1 Å². The number of rotatable bonds is 6. The molecule has 194 valence electrons. The van der Waals surface area contributed by atoms with Crippen LogP contribution in [0.2, 0.25) is 0 Å². The zero-order chi connectivity index (χ0) is 27.6. The highest BCUT2D eigenvalue weighted by molar-refractivity contribution is 6.05. The maximum Gasteiger partial charge on any atom is 0.335 e. The van der Waals surface area contributed by atoms with Gasteiger partial charge in [-0.3, -0.25) is 9.36 Å². The van der Waals surface area contributed by atoms with Crippen molar-refractivity contribution in [2.45, 2.75) is 0 Å². The van der Waals surface area contributed by atoms with Crippen LogP contribution in [-0.4, -0.2) is 36.5 Å². The molecule has 4 N–H and O–H groups in total. The lowest BCUT2D eigenvalue weighted by molar-refractivity contribution is 0.0697. The minimum atomic E-state index is -1.10. The van der Waals surface area contributed by atoms with Gasteiger partial charge in [-0.2, -0.15) is 0 Å². The third kappa shape index (κ3) is 4.63. The number of hydrogen-bond donors (Lipinski definition) is 3. The van der Waals surface area contributed by atoms with Crippen LogP contribution in [0.1, 0.15) is 20.7 Å². The van der Waals surface area contributed by atoms with Gasteiger partial charge in [0.05, 0.1) is 16.8 Å². The van der Waals surface area contributed by atoms with Crippen LogP contribution in [0.4, 0.5) is 11.5 Å². The summed E-state index contributed by atoms with van der Waals surface area (Å²) < 4.78 is 1.91. The van der Waals surface area contributed by atoms with Crippen LogP contribution >= 0.6 is 0 Å². The molecule has 40 heavy (non-hydrogen) atoms. The molecular weight excluding hydrogens is 504 g/mol. The average Bonchev–Trinajstić information content (AvgIpc) is 3.37. The summed E-state index contributed by atoms with van der Waals surface area (Å²) in [6.45, 7) is 0. The third-order valence-corrected chi connectivity index (χ3v) is 6.41. The maximum atomic E-state index is 12.8. The number of benzene rings is 3. The van der Waals surface area contributed by atoms with Crippen molar-refractivity contribution in [1.82, 2.24) is 19.5 Å². The lowest BCUT2D eigenvalue weighted by atomic mass is 10.1. The molecule has 0 radical (unpaired) electrons. The van der Waals surface area contributed by atoms with E-state index >= 15 is 0 Å². The van der Waals surface area contributed by atoms with Crippen molar-refractivity contribution in [1.29, 1.82) is 0 Å². The molecule has 0 aliphatic rings. The van der Waals surface area contributed by atoms with E-state index in [2.05, 4.69) is 10.3 Å². The molecule has 0 aliphatic carbocycles. The predicted molar refractivity (Wildman–Crippen MR) is 153 cm³/mol. The molecule has 6 rings (SSSR count). The number of nitrogens with two attached hydrogens (primary N) is 1. The first-order valence-corrected chi connectivity index (χ1v) is 12.4. The second kappa shape index (κ2) is 10.1. The van der Waals surface area contributed by atoms with Crippen molar-refractivity contribution in [3.05, 3.63) is 120 Å². The van der Waals surface area contributed by atoms with Gasteiger partial charge in [0.25, 0.3) is 5.91 Å². The summed E-state index contributed by atoms with van der Waals surface area (Å²) >= 11 is 0. The number of fused-ring (bicyclic) bond motifs is 1. The van der Waals surface area contributed by atoms with Gasteiger partial charge in [0.15, 0.2) is 11.5 Å². The Bertz CT molecular complexity index is 1880. The minimum absolute atomic E-state index is 0.0413. The van der Waals surface area contributed by atoms with Gasteiger partial charge in [0.2, 0.25) is 0 Å². The predicted octanol–water partition coefficient (Wildman–Crippen LogP) is 5.68. The van der Waals surface area contributed by atoms with E-state index in [1.807, 2.05) is 65.2 Å². The number of aromatic carboxylic acids is 1. The van der Waals surface area contributed by atoms with E-state index in [0.29, 0.717) is 34.1 Å². The Morgan fingerprint density at radius 1 is 0.800 bits per heavy atom. The molecule has 3 aromatic carbocycles. The normalized spacial score (nSPS) is 10.9. The summed E-state index contributed by atoms with van der Waals surface area (Å²) in [5.41, 5.74) is 11.6. The molecule has 0 saturated carbocycles. The first-order chi connectivity index (χ1) is 19.5. The zero-order valence-corrected chi connectivity index (χ0v) is 21.0. The zero-order valence-electron chi connectivity index (χ0n) is 21.0. The van der Waals surface area contributed by atoms with E-state index in [1.54, 1.807) is 30.5 Å². The van der Waals surface area contributed by atoms with Crippen molar-refractivity contribution in [3.8, 4) is 28.3 Å². The molecule has 0 bridgehead atoms. The number of carboxylic acids is 1. The highest BCUT2D eigenvalue weighted by Gasteiger charge is 2.19. The fraction of sp³-hybridized carbons (Fsp3) is 0. The maximum absolute atomic E-state index is 12.8. The van der Waals surface area contributed by atoms with E-state index < -0.39 is 11.9 Å². The van der Waals surface area contributed by atoms with Gasteiger partial charge < -0.3 is 16.2 Å². The van der Waals surface area contributed by atoms with Gasteiger partial charge in [-0.25, -0.2) is 19.7 Å². The number of anilines is 2. The Hall–Kier alpha value is -5.83. The number of carbonyl (C=O) groups excluding carboxylic acids is 1. The summed E-state index contributed by atoms with van der Waals surface area (Å²) in [6.07, 6.45) is 1.63. The summed E-state index contributed by atoms with van der Waals surface area (Å²) in [5, 5.41) is 12.0. The SMILES string of the molecule is Nc1ncccc1-c1nc2ccc(-c3ccccc3)nc2n1-c1ccc(NC(=O)c2cccc(C(=O)O)c2)cc1. The largest absolute Gasteiger partial charge is 0.478 e. The van der Waals surface area contributed by atoms with Crippen molar-refractivity contribution >= 4 is 34.5 Å². The quantitative estimate of drug-likeness (QED) is 0.254. The van der Waals surface area contributed by atoms with Gasteiger partial charge in [0.1, 0.15) is 11.3 Å². The Kier molecular flexibility index (Phi) is 6.21.